The average Bonchev–Trinajstić information content (AvgIpc) is 2.34. The zero-order chi connectivity index (χ0) is 6.69. The SMILES string of the molecule is COc1cc(CI)on1. The van der Waals surface area contributed by atoms with E-state index < -0.39 is 0 Å². The predicted octanol–water partition coefficient (Wildman–Crippen LogP) is 1.62. The van der Waals surface area contributed by atoms with Gasteiger partial charge in [-0.3, -0.25) is 0 Å². The van der Waals surface area contributed by atoms with Crippen molar-refractivity contribution < 1.29 is 9.26 Å². The highest BCUT2D eigenvalue weighted by atomic mass is 127. The molecule has 9 heavy (non-hydrogen) atoms. The fraction of sp³-hybridized carbons (Fsp3) is 0.400. The molecule has 0 aliphatic rings. The molecule has 50 valence electrons. The first-order valence-electron chi connectivity index (χ1n) is 2.42. The maximum absolute atomic E-state index is 4.82. The van der Waals surface area contributed by atoms with Gasteiger partial charge in [0.1, 0.15) is 5.76 Å². The molecule has 0 N–H and O–H groups in total. The van der Waals surface area contributed by atoms with Gasteiger partial charge in [-0.05, 0) is 5.16 Å². The minimum absolute atomic E-state index is 0.543. The number of nitrogens with zero attached hydrogens (tertiary/aromatic N) is 1. The standard InChI is InChI=1S/C5H6INO2/c1-8-5-2-4(3-6)9-7-5/h2H,3H2,1H3. The zero-order valence-electron chi connectivity index (χ0n) is 4.93. The molecule has 0 bridgehead atoms. The summed E-state index contributed by atoms with van der Waals surface area (Å²) in [5.41, 5.74) is 0. The minimum Gasteiger partial charge on any atom is -0.479 e. The first-order chi connectivity index (χ1) is 4.36. The molecule has 0 spiro atoms. The van der Waals surface area contributed by atoms with Crippen LogP contribution in [0.4, 0.5) is 0 Å². The largest absolute Gasteiger partial charge is 0.479 e. The Balaban J connectivity index is 2.74. The predicted molar refractivity (Wildman–Crippen MR) is 40.8 cm³/mol. The topological polar surface area (TPSA) is 35.3 Å². The molecule has 0 aromatic carbocycles. The lowest BCUT2D eigenvalue weighted by atomic mass is 10.5. The third kappa shape index (κ3) is 1.57. The molecule has 0 radical (unpaired) electrons. The van der Waals surface area contributed by atoms with Crippen molar-refractivity contribution in [3.8, 4) is 5.88 Å². The smallest absolute Gasteiger partial charge is 0.254 e. The summed E-state index contributed by atoms with van der Waals surface area (Å²) >= 11 is 2.19. The van der Waals surface area contributed by atoms with E-state index >= 15 is 0 Å². The van der Waals surface area contributed by atoms with Gasteiger partial charge in [0, 0.05) is 6.07 Å². The molecule has 1 aromatic heterocycles. The number of alkyl halides is 1. The maximum Gasteiger partial charge on any atom is 0.254 e. The van der Waals surface area contributed by atoms with Crippen LogP contribution in [0.1, 0.15) is 5.76 Å². The van der Waals surface area contributed by atoms with Gasteiger partial charge in [0.25, 0.3) is 5.88 Å². The highest BCUT2D eigenvalue weighted by Crippen LogP contribution is 2.12. The van der Waals surface area contributed by atoms with E-state index in [0.717, 1.165) is 10.2 Å². The molecule has 0 fully saturated rings. The lowest BCUT2D eigenvalue weighted by molar-refractivity contribution is 0.331. The Kier molecular flexibility index (Phi) is 2.32. The summed E-state index contributed by atoms with van der Waals surface area (Å²) in [6.07, 6.45) is 0. The van der Waals surface area contributed by atoms with Crippen molar-refractivity contribution in [1.29, 1.82) is 0 Å². The summed E-state index contributed by atoms with van der Waals surface area (Å²) in [5.74, 6) is 1.38. The Morgan fingerprint density at radius 1 is 1.89 bits per heavy atom. The second-order valence-corrected chi connectivity index (χ2v) is 2.23. The normalized spacial score (nSPS) is 9.56. The third-order valence-electron chi connectivity index (χ3n) is 0.878. The van der Waals surface area contributed by atoms with Crippen molar-refractivity contribution in [2.45, 2.75) is 4.43 Å². The van der Waals surface area contributed by atoms with Gasteiger partial charge in [-0.1, -0.05) is 22.6 Å². The summed E-state index contributed by atoms with van der Waals surface area (Å²) in [4.78, 5) is 0. The van der Waals surface area contributed by atoms with Gasteiger partial charge in [-0.2, -0.15) is 0 Å². The van der Waals surface area contributed by atoms with Crippen LogP contribution in [-0.2, 0) is 4.43 Å². The van der Waals surface area contributed by atoms with E-state index in [0.29, 0.717) is 5.88 Å². The first kappa shape index (κ1) is 6.85. The molecule has 0 saturated carbocycles. The highest BCUT2D eigenvalue weighted by molar-refractivity contribution is 14.1. The summed E-state index contributed by atoms with van der Waals surface area (Å²) in [6, 6.07) is 1.77. The molecule has 1 aromatic rings. The molecule has 4 heteroatoms. The molecule has 0 saturated heterocycles. The fourth-order valence-electron chi connectivity index (χ4n) is 0.453. The van der Waals surface area contributed by atoms with E-state index in [2.05, 4.69) is 27.7 Å². The number of aromatic nitrogens is 1. The average molecular weight is 239 g/mol. The van der Waals surface area contributed by atoms with Crippen LogP contribution in [0.2, 0.25) is 0 Å². The third-order valence-corrected chi connectivity index (χ3v) is 1.63. The monoisotopic (exact) mass is 239 g/mol. The number of rotatable bonds is 2. The van der Waals surface area contributed by atoms with Gasteiger partial charge in [0.2, 0.25) is 0 Å². The van der Waals surface area contributed by atoms with E-state index in [-0.39, 0.29) is 0 Å². The number of methoxy groups -OCH3 is 1. The van der Waals surface area contributed by atoms with E-state index in [9.17, 15) is 0 Å². The van der Waals surface area contributed by atoms with Crippen LogP contribution in [-0.4, -0.2) is 12.3 Å². The summed E-state index contributed by atoms with van der Waals surface area (Å²) in [5, 5.41) is 3.60. The number of hydrogen-bond donors (Lipinski definition) is 0. The van der Waals surface area contributed by atoms with Crippen molar-refractivity contribution in [3.63, 3.8) is 0 Å². The van der Waals surface area contributed by atoms with Crippen LogP contribution < -0.4 is 4.74 Å². The first-order valence-corrected chi connectivity index (χ1v) is 3.95. The van der Waals surface area contributed by atoms with Crippen LogP contribution >= 0.6 is 22.6 Å². The number of ether oxygens (including phenoxy) is 1. The van der Waals surface area contributed by atoms with Crippen molar-refractivity contribution in [2.24, 2.45) is 0 Å². The summed E-state index contributed by atoms with van der Waals surface area (Å²) in [7, 11) is 1.56. The second-order valence-electron chi connectivity index (χ2n) is 1.47. The van der Waals surface area contributed by atoms with Gasteiger partial charge < -0.3 is 9.26 Å². The van der Waals surface area contributed by atoms with E-state index in [1.807, 2.05) is 0 Å². The molecular weight excluding hydrogens is 233 g/mol. The summed E-state index contributed by atoms with van der Waals surface area (Å²) < 4.78 is 10.4. The van der Waals surface area contributed by atoms with Crippen LogP contribution in [0.3, 0.4) is 0 Å². The van der Waals surface area contributed by atoms with Crippen LogP contribution in [0, 0.1) is 0 Å². The quantitative estimate of drug-likeness (QED) is 0.581. The number of halogens is 1. The van der Waals surface area contributed by atoms with Crippen molar-refractivity contribution >= 4 is 22.6 Å². The number of hydrogen-bond acceptors (Lipinski definition) is 3. The minimum atomic E-state index is 0.543. The maximum atomic E-state index is 4.82. The Labute approximate surface area is 66.5 Å². The van der Waals surface area contributed by atoms with Crippen molar-refractivity contribution in [2.75, 3.05) is 7.11 Å². The Morgan fingerprint density at radius 3 is 3.00 bits per heavy atom. The molecule has 0 aliphatic heterocycles. The molecular formula is C5H6INO2. The molecule has 0 atom stereocenters. The van der Waals surface area contributed by atoms with Crippen LogP contribution in [0.5, 0.6) is 5.88 Å². The fourth-order valence-corrected chi connectivity index (χ4v) is 0.813. The second kappa shape index (κ2) is 3.05. The van der Waals surface area contributed by atoms with E-state index in [1.165, 1.54) is 0 Å². The van der Waals surface area contributed by atoms with Crippen molar-refractivity contribution in [3.05, 3.63) is 11.8 Å². The Hall–Kier alpha value is -0.260. The lowest BCUT2D eigenvalue weighted by Crippen LogP contribution is -1.78. The van der Waals surface area contributed by atoms with E-state index in [4.69, 9.17) is 9.26 Å². The van der Waals surface area contributed by atoms with Gasteiger partial charge in [0.05, 0.1) is 11.5 Å². The van der Waals surface area contributed by atoms with Gasteiger partial charge in [-0.15, -0.1) is 0 Å². The molecule has 0 amide bonds. The van der Waals surface area contributed by atoms with Gasteiger partial charge in [-0.25, -0.2) is 0 Å². The highest BCUT2D eigenvalue weighted by Gasteiger charge is 1.99. The molecule has 3 nitrogen and oxygen atoms in total. The molecule has 0 aliphatic carbocycles. The Morgan fingerprint density at radius 2 is 2.67 bits per heavy atom. The summed E-state index contributed by atoms with van der Waals surface area (Å²) in [6.45, 7) is 0. The lowest BCUT2D eigenvalue weighted by Gasteiger charge is -1.83. The van der Waals surface area contributed by atoms with Crippen molar-refractivity contribution in [1.82, 2.24) is 5.16 Å². The van der Waals surface area contributed by atoms with Crippen LogP contribution in [0.15, 0.2) is 10.6 Å². The van der Waals surface area contributed by atoms with Gasteiger partial charge >= 0.3 is 0 Å². The molecule has 1 heterocycles. The molecule has 0 unspecified atom stereocenters. The molecule has 1 rings (SSSR count). The van der Waals surface area contributed by atoms with Crippen LogP contribution in [0.25, 0.3) is 0 Å². The Bertz CT molecular complexity index is 168. The zero-order valence-corrected chi connectivity index (χ0v) is 7.08. The van der Waals surface area contributed by atoms with Gasteiger partial charge in [0.15, 0.2) is 0 Å². The van der Waals surface area contributed by atoms with E-state index in [1.54, 1.807) is 13.2 Å².